The zero-order chi connectivity index (χ0) is 12.5. The van der Waals surface area contributed by atoms with Gasteiger partial charge in [0, 0.05) is 12.5 Å². The zero-order valence-electron chi connectivity index (χ0n) is 8.79. The van der Waals surface area contributed by atoms with Crippen molar-refractivity contribution in [1.82, 2.24) is 5.32 Å². The first kappa shape index (κ1) is 11.6. The average molecular weight is 244 g/mol. The quantitative estimate of drug-likeness (QED) is 0.837. The molecule has 0 aliphatic carbocycles. The van der Waals surface area contributed by atoms with Crippen molar-refractivity contribution >= 4 is 0 Å². The number of alkyl halides is 3. The van der Waals surface area contributed by atoms with E-state index in [0.717, 1.165) is 5.56 Å². The highest BCUT2D eigenvalue weighted by molar-refractivity contribution is 5.33. The molecule has 92 valence electrons. The van der Waals surface area contributed by atoms with Gasteiger partial charge < -0.3 is 15.8 Å². The Morgan fingerprint density at radius 1 is 1.24 bits per heavy atom. The highest BCUT2D eigenvalue weighted by Gasteiger charge is 2.31. The van der Waals surface area contributed by atoms with Crippen LogP contribution in [0.5, 0.6) is 5.75 Å². The Morgan fingerprint density at radius 3 is 2.35 bits per heavy atom. The fourth-order valence-electron chi connectivity index (χ4n) is 1.69. The summed E-state index contributed by atoms with van der Waals surface area (Å²) in [5, 5.41) is 2.95. The Labute approximate surface area is 96.1 Å². The number of ether oxygens (including phenoxy) is 1. The zero-order valence-corrected chi connectivity index (χ0v) is 8.79. The molecule has 1 aromatic rings. The van der Waals surface area contributed by atoms with Gasteiger partial charge in [-0.05, 0) is 23.8 Å². The Bertz CT molecular complexity index is 425. The van der Waals surface area contributed by atoms with Gasteiger partial charge in [0.25, 0.3) is 0 Å². The lowest BCUT2D eigenvalue weighted by Crippen LogP contribution is -2.17. The number of halogens is 3. The van der Waals surface area contributed by atoms with Crippen molar-refractivity contribution in [1.29, 1.82) is 0 Å². The third-order valence-electron chi connectivity index (χ3n) is 2.45. The topological polar surface area (TPSA) is 47.3 Å². The van der Waals surface area contributed by atoms with E-state index < -0.39 is 6.36 Å². The van der Waals surface area contributed by atoms with E-state index in [4.69, 9.17) is 5.73 Å². The van der Waals surface area contributed by atoms with Crippen LogP contribution in [-0.2, 0) is 0 Å². The smallest absolute Gasteiger partial charge is 0.406 e. The normalized spacial score (nSPS) is 19.7. The van der Waals surface area contributed by atoms with Crippen LogP contribution in [0.1, 0.15) is 11.5 Å². The van der Waals surface area contributed by atoms with Gasteiger partial charge in [0.1, 0.15) is 5.75 Å². The summed E-state index contributed by atoms with van der Waals surface area (Å²) in [6, 6.07) is 5.79. The van der Waals surface area contributed by atoms with Crippen LogP contribution < -0.4 is 15.8 Å². The molecule has 2 rings (SSSR count). The van der Waals surface area contributed by atoms with Gasteiger partial charge >= 0.3 is 6.36 Å². The van der Waals surface area contributed by atoms with Gasteiger partial charge in [-0.15, -0.1) is 13.2 Å². The standard InChI is InChI=1S/C11H11F3N2O/c12-11(13,14)17-9-3-1-7(2-4-9)8-5-10(15)16-6-8/h1-5,8,16H,6,15H2. The molecule has 0 bridgehead atoms. The molecule has 0 aromatic heterocycles. The van der Waals surface area contributed by atoms with Crippen LogP contribution in [-0.4, -0.2) is 12.9 Å². The third kappa shape index (κ3) is 3.05. The predicted octanol–water partition coefficient (Wildman–Crippen LogP) is 2.07. The van der Waals surface area contributed by atoms with E-state index in [1.807, 2.05) is 6.08 Å². The van der Waals surface area contributed by atoms with Crippen molar-refractivity contribution in [3.8, 4) is 5.75 Å². The van der Waals surface area contributed by atoms with Gasteiger partial charge in [-0.2, -0.15) is 0 Å². The monoisotopic (exact) mass is 244 g/mol. The summed E-state index contributed by atoms with van der Waals surface area (Å²) in [6.07, 6.45) is -2.82. The van der Waals surface area contributed by atoms with Gasteiger partial charge in [-0.3, -0.25) is 0 Å². The van der Waals surface area contributed by atoms with Crippen LogP contribution in [0.3, 0.4) is 0 Å². The molecule has 1 aliphatic heterocycles. The molecule has 0 spiro atoms. The first-order valence-corrected chi connectivity index (χ1v) is 5.01. The minimum absolute atomic E-state index is 0.0925. The summed E-state index contributed by atoms with van der Waals surface area (Å²) >= 11 is 0. The third-order valence-corrected chi connectivity index (χ3v) is 2.45. The van der Waals surface area contributed by atoms with E-state index in [2.05, 4.69) is 10.1 Å². The van der Waals surface area contributed by atoms with Gasteiger partial charge in [-0.25, -0.2) is 0 Å². The van der Waals surface area contributed by atoms with Crippen molar-refractivity contribution in [3.05, 3.63) is 41.7 Å². The fourth-order valence-corrected chi connectivity index (χ4v) is 1.69. The largest absolute Gasteiger partial charge is 0.573 e. The number of nitrogens with one attached hydrogen (secondary N) is 1. The second kappa shape index (κ2) is 4.20. The maximum Gasteiger partial charge on any atom is 0.573 e. The minimum Gasteiger partial charge on any atom is -0.406 e. The summed E-state index contributed by atoms with van der Waals surface area (Å²) < 4.78 is 39.6. The fraction of sp³-hybridized carbons (Fsp3) is 0.273. The van der Waals surface area contributed by atoms with E-state index in [1.165, 1.54) is 12.1 Å². The number of nitrogens with two attached hydrogens (primary N) is 1. The molecule has 1 heterocycles. The molecule has 0 fully saturated rings. The Kier molecular flexibility index (Phi) is 2.87. The molecule has 1 unspecified atom stereocenters. The summed E-state index contributed by atoms with van der Waals surface area (Å²) in [5.41, 5.74) is 6.45. The van der Waals surface area contributed by atoms with Gasteiger partial charge in [-0.1, -0.05) is 12.1 Å². The Balaban J connectivity index is 2.08. The van der Waals surface area contributed by atoms with Crippen molar-refractivity contribution in [2.24, 2.45) is 5.73 Å². The second-order valence-corrected chi connectivity index (χ2v) is 3.73. The second-order valence-electron chi connectivity index (χ2n) is 3.73. The summed E-state index contributed by atoms with van der Waals surface area (Å²) in [7, 11) is 0. The molecular weight excluding hydrogens is 233 g/mol. The molecule has 0 saturated carbocycles. The van der Waals surface area contributed by atoms with Crippen LogP contribution in [0.25, 0.3) is 0 Å². The van der Waals surface area contributed by atoms with Crippen LogP contribution in [0.15, 0.2) is 36.2 Å². The van der Waals surface area contributed by atoms with Gasteiger partial charge in [0.2, 0.25) is 0 Å². The highest BCUT2D eigenvalue weighted by atomic mass is 19.4. The minimum atomic E-state index is -4.65. The molecular formula is C11H11F3N2O. The lowest BCUT2D eigenvalue weighted by molar-refractivity contribution is -0.274. The molecule has 0 saturated heterocycles. The SMILES string of the molecule is NC1=CC(c2ccc(OC(F)(F)F)cc2)CN1. The van der Waals surface area contributed by atoms with Gasteiger partial charge in [0.15, 0.2) is 0 Å². The average Bonchev–Trinajstić information content (AvgIpc) is 2.63. The Hall–Kier alpha value is -1.85. The summed E-state index contributed by atoms with van der Waals surface area (Å²) in [6.45, 7) is 0.658. The lowest BCUT2D eigenvalue weighted by Gasteiger charge is -2.11. The molecule has 3 N–H and O–H groups in total. The number of hydrogen-bond donors (Lipinski definition) is 2. The molecule has 0 amide bonds. The molecule has 17 heavy (non-hydrogen) atoms. The molecule has 0 radical (unpaired) electrons. The first-order valence-electron chi connectivity index (χ1n) is 5.01. The maximum absolute atomic E-state index is 11.9. The molecule has 1 aliphatic rings. The Morgan fingerprint density at radius 2 is 1.88 bits per heavy atom. The molecule has 6 heteroatoms. The summed E-state index contributed by atoms with van der Waals surface area (Å²) in [5.74, 6) is 0.463. The number of benzene rings is 1. The van der Waals surface area contributed by atoms with Crippen molar-refractivity contribution < 1.29 is 17.9 Å². The van der Waals surface area contributed by atoms with Crippen molar-refractivity contribution in [2.75, 3.05) is 6.54 Å². The van der Waals surface area contributed by atoms with E-state index in [1.54, 1.807) is 12.1 Å². The van der Waals surface area contributed by atoms with Crippen LogP contribution in [0, 0.1) is 0 Å². The lowest BCUT2D eigenvalue weighted by atomic mass is 10.0. The summed E-state index contributed by atoms with van der Waals surface area (Å²) in [4.78, 5) is 0. The first-order chi connectivity index (χ1) is 7.94. The van der Waals surface area contributed by atoms with E-state index in [9.17, 15) is 13.2 Å². The molecule has 1 atom stereocenters. The predicted molar refractivity (Wildman–Crippen MR) is 56.1 cm³/mol. The van der Waals surface area contributed by atoms with E-state index in [-0.39, 0.29) is 11.7 Å². The van der Waals surface area contributed by atoms with E-state index >= 15 is 0 Å². The van der Waals surface area contributed by atoms with E-state index in [0.29, 0.717) is 12.4 Å². The van der Waals surface area contributed by atoms with Crippen LogP contribution in [0.2, 0.25) is 0 Å². The molecule has 3 nitrogen and oxygen atoms in total. The van der Waals surface area contributed by atoms with Crippen LogP contribution in [0.4, 0.5) is 13.2 Å². The number of rotatable bonds is 2. The van der Waals surface area contributed by atoms with Crippen molar-refractivity contribution in [3.63, 3.8) is 0 Å². The van der Waals surface area contributed by atoms with Crippen LogP contribution >= 0.6 is 0 Å². The van der Waals surface area contributed by atoms with Crippen molar-refractivity contribution in [2.45, 2.75) is 12.3 Å². The van der Waals surface area contributed by atoms with Gasteiger partial charge in [0.05, 0.1) is 5.82 Å². The molecule has 1 aromatic carbocycles. The highest BCUT2D eigenvalue weighted by Crippen LogP contribution is 2.26. The number of hydrogen-bond acceptors (Lipinski definition) is 3. The maximum atomic E-state index is 11.9.